The van der Waals surface area contributed by atoms with Gasteiger partial charge in [-0.2, -0.15) is 0 Å². The number of aliphatic hydroxyl groups excluding tert-OH is 1. The van der Waals surface area contributed by atoms with Crippen molar-refractivity contribution in [1.29, 1.82) is 0 Å². The van der Waals surface area contributed by atoms with Gasteiger partial charge in [0.1, 0.15) is 23.0 Å². The number of methoxy groups -OCH3 is 1. The first-order valence-corrected chi connectivity index (χ1v) is 12.8. The highest BCUT2D eigenvalue weighted by atomic mass is 79.9. The number of aromatic nitrogens is 1. The number of amides is 1. The number of benzene rings is 2. The van der Waals surface area contributed by atoms with Gasteiger partial charge in [0, 0.05) is 10.0 Å². The Hall–Kier alpha value is -3.76. The summed E-state index contributed by atoms with van der Waals surface area (Å²) < 4.78 is 11.2. The first-order chi connectivity index (χ1) is 17.7. The number of ketones is 1. The summed E-state index contributed by atoms with van der Waals surface area (Å²) in [5.41, 5.74) is 1.97. The Bertz CT molecular complexity index is 1440. The van der Waals surface area contributed by atoms with Crippen LogP contribution in [0.2, 0.25) is 0 Å². The molecule has 1 aliphatic rings. The number of esters is 1. The molecular weight excluding hydrogens is 560 g/mol. The van der Waals surface area contributed by atoms with Crippen LogP contribution in [0, 0.1) is 13.8 Å². The normalized spacial score (nSPS) is 16.6. The lowest BCUT2D eigenvalue weighted by molar-refractivity contribution is -0.132. The fourth-order valence-electron chi connectivity index (χ4n) is 4.05. The smallest absolute Gasteiger partial charge is 0.350 e. The van der Waals surface area contributed by atoms with E-state index < -0.39 is 23.7 Å². The van der Waals surface area contributed by atoms with Crippen LogP contribution < -0.4 is 9.64 Å². The number of anilines is 1. The van der Waals surface area contributed by atoms with E-state index in [1.807, 2.05) is 6.92 Å². The van der Waals surface area contributed by atoms with Crippen LogP contribution >= 0.6 is 27.3 Å². The maximum absolute atomic E-state index is 13.4. The molecule has 0 radical (unpaired) electrons. The van der Waals surface area contributed by atoms with Gasteiger partial charge in [-0.25, -0.2) is 9.78 Å². The zero-order chi connectivity index (χ0) is 26.9. The van der Waals surface area contributed by atoms with Gasteiger partial charge >= 0.3 is 11.9 Å². The van der Waals surface area contributed by atoms with Crippen molar-refractivity contribution in [2.75, 3.05) is 18.6 Å². The number of aryl methyl sites for hydroxylation is 2. The molecule has 190 valence electrons. The summed E-state index contributed by atoms with van der Waals surface area (Å²) in [5, 5.41) is 11.5. The van der Waals surface area contributed by atoms with Crippen molar-refractivity contribution >= 4 is 55.8 Å². The Morgan fingerprint density at radius 2 is 1.92 bits per heavy atom. The lowest BCUT2D eigenvalue weighted by Gasteiger charge is -2.23. The van der Waals surface area contributed by atoms with Crippen LogP contribution in [-0.4, -0.2) is 41.5 Å². The summed E-state index contributed by atoms with van der Waals surface area (Å²) in [6.07, 6.45) is 1.45. The van der Waals surface area contributed by atoms with Crippen molar-refractivity contribution in [3.63, 3.8) is 0 Å². The largest absolute Gasteiger partial charge is 0.507 e. The highest BCUT2D eigenvalue weighted by molar-refractivity contribution is 9.10. The first kappa shape index (κ1) is 26.3. The minimum absolute atomic E-state index is 0.0240. The summed E-state index contributed by atoms with van der Waals surface area (Å²) in [6, 6.07) is 11.1. The quantitative estimate of drug-likeness (QED) is 0.129. The number of aliphatic hydroxyl groups is 1. The molecule has 4 rings (SSSR count). The third kappa shape index (κ3) is 4.94. The molecule has 3 aromatic rings. The number of hydrogen-bond acceptors (Lipinski definition) is 8. The van der Waals surface area contributed by atoms with Gasteiger partial charge in [-0.3, -0.25) is 14.5 Å². The van der Waals surface area contributed by atoms with Crippen LogP contribution in [0.15, 0.2) is 65.2 Å². The molecule has 1 amide bonds. The van der Waals surface area contributed by atoms with Crippen molar-refractivity contribution in [2.45, 2.75) is 19.9 Å². The van der Waals surface area contributed by atoms with Gasteiger partial charge < -0.3 is 14.6 Å². The molecule has 0 spiro atoms. The number of ether oxygens (including phenoxy) is 2. The van der Waals surface area contributed by atoms with E-state index in [0.717, 1.165) is 21.4 Å². The third-order valence-corrected chi connectivity index (χ3v) is 7.47. The Balaban J connectivity index is 1.88. The van der Waals surface area contributed by atoms with Crippen LogP contribution in [0.1, 0.15) is 38.1 Å². The predicted molar refractivity (Wildman–Crippen MR) is 144 cm³/mol. The van der Waals surface area contributed by atoms with E-state index in [9.17, 15) is 19.5 Å². The molecule has 37 heavy (non-hydrogen) atoms. The number of Topliss-reactive ketones (excluding diaryl/α,β-unsaturated/α-hetero) is 1. The summed E-state index contributed by atoms with van der Waals surface area (Å²) in [4.78, 5) is 45.1. The maximum atomic E-state index is 13.4. The molecule has 0 aliphatic carbocycles. The van der Waals surface area contributed by atoms with E-state index in [2.05, 4.69) is 27.5 Å². The van der Waals surface area contributed by atoms with Crippen LogP contribution in [0.3, 0.4) is 0 Å². The second kappa shape index (κ2) is 10.7. The van der Waals surface area contributed by atoms with Gasteiger partial charge in [0.15, 0.2) is 5.13 Å². The van der Waals surface area contributed by atoms with Crippen LogP contribution in [0.5, 0.6) is 5.75 Å². The molecule has 8 nitrogen and oxygen atoms in total. The second-order valence-electron chi connectivity index (χ2n) is 8.20. The second-order valence-corrected chi connectivity index (χ2v) is 10.1. The van der Waals surface area contributed by atoms with Crippen molar-refractivity contribution in [2.24, 2.45) is 0 Å². The Morgan fingerprint density at radius 1 is 1.22 bits per heavy atom. The highest BCUT2D eigenvalue weighted by Gasteiger charge is 2.48. The molecule has 10 heteroatoms. The van der Waals surface area contributed by atoms with E-state index in [-0.39, 0.29) is 27.9 Å². The van der Waals surface area contributed by atoms with Gasteiger partial charge in [-0.1, -0.05) is 52.1 Å². The molecule has 0 saturated carbocycles. The molecule has 2 aromatic carbocycles. The standard InChI is InChI=1S/C27H23BrN2O6S/c1-5-12-36-26(34)24-15(3)29-27(37-24)30-21(16-6-9-18(28)10-7-16)20(23(32)25(30)33)22(31)17-8-11-19(35-4)14(2)13-17/h5-11,13,21,31H,1,12H2,2-4H3. The molecular formula is C27H23BrN2O6S. The first-order valence-electron chi connectivity index (χ1n) is 11.1. The molecule has 2 heterocycles. The van der Waals surface area contributed by atoms with E-state index >= 15 is 0 Å². The fraction of sp³-hybridized carbons (Fsp3) is 0.185. The van der Waals surface area contributed by atoms with Gasteiger partial charge in [-0.05, 0) is 55.3 Å². The van der Waals surface area contributed by atoms with Crippen LogP contribution in [0.25, 0.3) is 5.76 Å². The molecule has 1 atom stereocenters. The third-order valence-electron chi connectivity index (χ3n) is 5.81. The Labute approximate surface area is 226 Å². The van der Waals surface area contributed by atoms with E-state index in [1.54, 1.807) is 56.5 Å². The number of thiazole rings is 1. The topological polar surface area (TPSA) is 106 Å². The van der Waals surface area contributed by atoms with E-state index in [0.29, 0.717) is 22.6 Å². The maximum Gasteiger partial charge on any atom is 0.350 e. The van der Waals surface area contributed by atoms with Gasteiger partial charge in [0.25, 0.3) is 5.78 Å². The molecule has 1 fully saturated rings. The molecule has 0 bridgehead atoms. The number of carbonyl (C=O) groups excluding carboxylic acids is 3. The fourth-order valence-corrected chi connectivity index (χ4v) is 5.30. The van der Waals surface area contributed by atoms with E-state index in [4.69, 9.17) is 9.47 Å². The van der Waals surface area contributed by atoms with Crippen LogP contribution in [-0.2, 0) is 14.3 Å². The predicted octanol–water partition coefficient (Wildman–Crippen LogP) is 5.50. The van der Waals surface area contributed by atoms with Crippen LogP contribution in [0.4, 0.5) is 5.13 Å². The summed E-state index contributed by atoms with van der Waals surface area (Å²) in [5.74, 6) is -2.03. The SMILES string of the molecule is C=CCOC(=O)c1sc(N2C(=O)C(=O)C(=C(O)c3ccc(OC)c(C)c3)C2c2ccc(Br)cc2)nc1C. The molecule has 1 aliphatic heterocycles. The van der Waals surface area contributed by atoms with Gasteiger partial charge in [-0.15, -0.1) is 0 Å². The highest BCUT2D eigenvalue weighted by Crippen LogP contribution is 2.44. The number of carbonyl (C=O) groups is 3. The van der Waals surface area contributed by atoms with E-state index in [1.165, 1.54) is 11.0 Å². The van der Waals surface area contributed by atoms with Crippen molar-refractivity contribution in [3.8, 4) is 5.75 Å². The average molecular weight is 583 g/mol. The van der Waals surface area contributed by atoms with Gasteiger partial charge in [0.05, 0.1) is 24.4 Å². The van der Waals surface area contributed by atoms with Crippen molar-refractivity contribution in [3.05, 3.63) is 92.4 Å². The molecule has 1 saturated heterocycles. The minimum atomic E-state index is -0.974. The zero-order valence-corrected chi connectivity index (χ0v) is 22.7. The Kier molecular flexibility index (Phi) is 7.60. The minimum Gasteiger partial charge on any atom is -0.507 e. The van der Waals surface area contributed by atoms with Crippen molar-refractivity contribution < 1.29 is 29.0 Å². The zero-order valence-electron chi connectivity index (χ0n) is 20.3. The number of hydrogen-bond donors (Lipinski definition) is 1. The lowest BCUT2D eigenvalue weighted by Crippen LogP contribution is -2.29. The van der Waals surface area contributed by atoms with Crippen molar-refractivity contribution in [1.82, 2.24) is 4.98 Å². The molecule has 1 N–H and O–H groups in total. The average Bonchev–Trinajstić information content (AvgIpc) is 3.39. The number of halogens is 1. The Morgan fingerprint density at radius 3 is 2.54 bits per heavy atom. The monoisotopic (exact) mass is 582 g/mol. The number of rotatable bonds is 7. The lowest BCUT2D eigenvalue weighted by atomic mass is 9.95. The number of nitrogens with zero attached hydrogens (tertiary/aromatic N) is 2. The molecule has 1 aromatic heterocycles. The van der Waals surface area contributed by atoms with Gasteiger partial charge in [0.2, 0.25) is 0 Å². The molecule has 1 unspecified atom stereocenters. The summed E-state index contributed by atoms with van der Waals surface area (Å²) >= 11 is 4.34. The summed E-state index contributed by atoms with van der Waals surface area (Å²) in [6.45, 7) is 6.99. The summed E-state index contributed by atoms with van der Waals surface area (Å²) in [7, 11) is 1.54.